The SMILES string of the molecule is COc1cc(CO)c(OC)c2c1C(C)N(C(=O)OC(C)(C)C)CC2. The van der Waals surface area contributed by atoms with E-state index >= 15 is 0 Å². The molecule has 134 valence electrons. The summed E-state index contributed by atoms with van der Waals surface area (Å²) in [7, 11) is 3.18. The van der Waals surface area contributed by atoms with Crippen LogP contribution in [0.15, 0.2) is 6.07 Å². The molecule has 0 bridgehead atoms. The molecule has 0 fully saturated rings. The number of benzene rings is 1. The fourth-order valence-electron chi connectivity index (χ4n) is 3.16. The third-order valence-corrected chi connectivity index (χ3v) is 4.17. The van der Waals surface area contributed by atoms with E-state index in [1.165, 1.54) is 0 Å². The van der Waals surface area contributed by atoms with Gasteiger partial charge in [0.15, 0.2) is 0 Å². The molecule has 1 aliphatic rings. The number of aliphatic hydroxyl groups is 1. The zero-order chi connectivity index (χ0) is 18.1. The fraction of sp³-hybridized carbons (Fsp3) is 0.611. The highest BCUT2D eigenvalue weighted by atomic mass is 16.6. The minimum Gasteiger partial charge on any atom is -0.496 e. The van der Waals surface area contributed by atoms with Gasteiger partial charge in [0.25, 0.3) is 0 Å². The van der Waals surface area contributed by atoms with Crippen LogP contribution in [-0.4, -0.2) is 42.5 Å². The highest BCUT2D eigenvalue weighted by Crippen LogP contribution is 2.43. The van der Waals surface area contributed by atoms with Crippen molar-refractivity contribution in [3.8, 4) is 11.5 Å². The highest BCUT2D eigenvalue weighted by molar-refractivity contribution is 5.70. The largest absolute Gasteiger partial charge is 0.496 e. The topological polar surface area (TPSA) is 68.2 Å². The van der Waals surface area contributed by atoms with Crippen molar-refractivity contribution < 1.29 is 24.1 Å². The maximum absolute atomic E-state index is 12.5. The van der Waals surface area contributed by atoms with Gasteiger partial charge in [0, 0.05) is 23.2 Å². The van der Waals surface area contributed by atoms with E-state index in [9.17, 15) is 9.90 Å². The first-order valence-electron chi connectivity index (χ1n) is 8.10. The second-order valence-electron chi connectivity index (χ2n) is 6.92. The molecule has 1 unspecified atom stereocenters. The van der Waals surface area contributed by atoms with E-state index in [4.69, 9.17) is 14.2 Å². The van der Waals surface area contributed by atoms with Crippen LogP contribution in [0.25, 0.3) is 0 Å². The smallest absolute Gasteiger partial charge is 0.410 e. The lowest BCUT2D eigenvalue weighted by molar-refractivity contribution is 0.0156. The lowest BCUT2D eigenvalue weighted by atomic mass is 9.90. The quantitative estimate of drug-likeness (QED) is 0.918. The Labute approximate surface area is 143 Å². The molecule has 0 aromatic heterocycles. The van der Waals surface area contributed by atoms with Crippen molar-refractivity contribution in [1.29, 1.82) is 0 Å². The molecule has 6 nitrogen and oxygen atoms in total. The molecule has 0 saturated heterocycles. The number of carbonyl (C=O) groups is 1. The summed E-state index contributed by atoms with van der Waals surface area (Å²) >= 11 is 0. The number of amides is 1. The number of hydrogen-bond donors (Lipinski definition) is 1. The Morgan fingerprint density at radius 3 is 2.50 bits per heavy atom. The van der Waals surface area contributed by atoms with E-state index in [0.29, 0.717) is 30.0 Å². The molecule has 6 heteroatoms. The maximum Gasteiger partial charge on any atom is 0.410 e. The summed E-state index contributed by atoms with van der Waals surface area (Å²) in [5, 5.41) is 9.58. The molecule has 0 radical (unpaired) electrons. The van der Waals surface area contributed by atoms with Crippen molar-refractivity contribution in [1.82, 2.24) is 4.90 Å². The number of aliphatic hydroxyl groups excluding tert-OH is 1. The molecule has 0 saturated carbocycles. The molecule has 1 N–H and O–H groups in total. The van der Waals surface area contributed by atoms with Gasteiger partial charge in [-0.1, -0.05) is 0 Å². The maximum atomic E-state index is 12.5. The second-order valence-corrected chi connectivity index (χ2v) is 6.92. The first-order chi connectivity index (χ1) is 11.2. The first kappa shape index (κ1) is 18.4. The average Bonchev–Trinajstić information content (AvgIpc) is 2.51. The summed E-state index contributed by atoms with van der Waals surface area (Å²) in [5.74, 6) is 1.32. The van der Waals surface area contributed by atoms with Gasteiger partial charge in [0.05, 0.1) is 26.9 Å². The Morgan fingerprint density at radius 2 is 2.00 bits per heavy atom. The third-order valence-electron chi connectivity index (χ3n) is 4.17. The molecule has 1 atom stereocenters. The first-order valence-corrected chi connectivity index (χ1v) is 8.10. The van der Waals surface area contributed by atoms with Crippen LogP contribution in [-0.2, 0) is 17.8 Å². The second kappa shape index (κ2) is 6.89. The molecule has 1 aliphatic heterocycles. The zero-order valence-electron chi connectivity index (χ0n) is 15.3. The number of hydrogen-bond acceptors (Lipinski definition) is 5. The standard InChI is InChI=1S/C18H27NO5/c1-11-15-13(7-8-19(11)17(21)24-18(2,3)4)16(23-6)12(10-20)9-14(15)22-5/h9,11,20H,7-8,10H2,1-6H3. The molecule has 1 aromatic carbocycles. The Morgan fingerprint density at radius 1 is 1.33 bits per heavy atom. The Hall–Kier alpha value is -1.95. The summed E-state index contributed by atoms with van der Waals surface area (Å²) in [5.41, 5.74) is 2.03. The molecule has 0 aliphatic carbocycles. The van der Waals surface area contributed by atoms with Crippen LogP contribution in [0.2, 0.25) is 0 Å². The predicted octanol–water partition coefficient (Wildman–Crippen LogP) is 3.05. The monoisotopic (exact) mass is 337 g/mol. The van der Waals surface area contributed by atoms with E-state index < -0.39 is 5.60 Å². The van der Waals surface area contributed by atoms with E-state index in [2.05, 4.69) is 0 Å². The van der Waals surface area contributed by atoms with Crippen LogP contribution in [0.1, 0.15) is 50.4 Å². The van der Waals surface area contributed by atoms with Crippen molar-refractivity contribution in [3.05, 3.63) is 22.8 Å². The van der Waals surface area contributed by atoms with Gasteiger partial charge in [-0.05, 0) is 40.2 Å². The van der Waals surface area contributed by atoms with Gasteiger partial charge in [-0.3, -0.25) is 0 Å². The molecule has 1 amide bonds. The number of ether oxygens (including phenoxy) is 3. The summed E-state index contributed by atoms with van der Waals surface area (Å²) in [6.45, 7) is 7.90. The molecular weight excluding hydrogens is 310 g/mol. The van der Waals surface area contributed by atoms with Gasteiger partial charge < -0.3 is 24.2 Å². The Kier molecular flexibility index (Phi) is 5.28. The summed E-state index contributed by atoms with van der Waals surface area (Å²) in [6.07, 6.45) is 0.277. The van der Waals surface area contributed by atoms with E-state index in [1.54, 1.807) is 25.2 Å². The van der Waals surface area contributed by atoms with Crippen LogP contribution in [0.5, 0.6) is 11.5 Å². The fourth-order valence-corrected chi connectivity index (χ4v) is 3.16. The van der Waals surface area contributed by atoms with Gasteiger partial charge in [0.1, 0.15) is 17.1 Å². The number of fused-ring (bicyclic) bond motifs is 1. The minimum absolute atomic E-state index is 0.128. The van der Waals surface area contributed by atoms with Crippen LogP contribution in [0, 0.1) is 0 Å². The van der Waals surface area contributed by atoms with Crippen LogP contribution in [0.4, 0.5) is 4.79 Å². The summed E-state index contributed by atoms with van der Waals surface area (Å²) in [4.78, 5) is 14.2. The van der Waals surface area contributed by atoms with Crippen molar-refractivity contribution in [2.45, 2.75) is 52.4 Å². The van der Waals surface area contributed by atoms with E-state index in [-0.39, 0.29) is 18.7 Å². The molecule has 0 spiro atoms. The number of carbonyl (C=O) groups excluding carboxylic acids is 1. The molecule has 24 heavy (non-hydrogen) atoms. The van der Waals surface area contributed by atoms with Crippen molar-refractivity contribution in [3.63, 3.8) is 0 Å². The van der Waals surface area contributed by atoms with Gasteiger partial charge in [0.2, 0.25) is 0 Å². The Balaban J connectivity index is 2.46. The molecule has 1 aromatic rings. The van der Waals surface area contributed by atoms with Gasteiger partial charge in [-0.15, -0.1) is 0 Å². The lowest BCUT2D eigenvalue weighted by Crippen LogP contribution is -2.42. The van der Waals surface area contributed by atoms with Crippen LogP contribution in [0.3, 0.4) is 0 Å². The van der Waals surface area contributed by atoms with Gasteiger partial charge in [-0.2, -0.15) is 0 Å². The van der Waals surface area contributed by atoms with Crippen molar-refractivity contribution in [2.24, 2.45) is 0 Å². The molecule has 1 heterocycles. The number of rotatable bonds is 3. The van der Waals surface area contributed by atoms with Crippen molar-refractivity contribution in [2.75, 3.05) is 20.8 Å². The van der Waals surface area contributed by atoms with Gasteiger partial charge >= 0.3 is 6.09 Å². The van der Waals surface area contributed by atoms with Gasteiger partial charge in [-0.25, -0.2) is 4.79 Å². The van der Waals surface area contributed by atoms with Crippen LogP contribution < -0.4 is 9.47 Å². The average molecular weight is 337 g/mol. The highest BCUT2D eigenvalue weighted by Gasteiger charge is 2.35. The normalized spacial score (nSPS) is 17.3. The summed E-state index contributed by atoms with van der Waals surface area (Å²) in [6, 6.07) is 1.56. The molecule has 2 rings (SSSR count). The van der Waals surface area contributed by atoms with Crippen LogP contribution >= 0.6 is 0 Å². The summed E-state index contributed by atoms with van der Waals surface area (Å²) < 4.78 is 16.5. The Bertz CT molecular complexity index is 621. The zero-order valence-corrected chi connectivity index (χ0v) is 15.3. The van der Waals surface area contributed by atoms with E-state index in [0.717, 1.165) is 11.1 Å². The lowest BCUT2D eigenvalue weighted by Gasteiger charge is -2.37. The predicted molar refractivity (Wildman–Crippen MR) is 90.5 cm³/mol. The molecular formula is C18H27NO5. The number of methoxy groups -OCH3 is 2. The minimum atomic E-state index is -0.542. The third kappa shape index (κ3) is 3.43. The van der Waals surface area contributed by atoms with Crippen molar-refractivity contribution >= 4 is 6.09 Å². The van der Waals surface area contributed by atoms with E-state index in [1.807, 2.05) is 27.7 Å². The number of nitrogens with zero attached hydrogens (tertiary/aromatic N) is 1.